The summed E-state index contributed by atoms with van der Waals surface area (Å²) in [4.78, 5) is 18.7. The van der Waals surface area contributed by atoms with Gasteiger partial charge in [0, 0.05) is 23.7 Å². The number of carbonyl (C=O) groups excluding carboxylic acids is 1. The molecule has 4 rings (SSSR count). The quantitative estimate of drug-likeness (QED) is 0.514. The van der Waals surface area contributed by atoms with E-state index in [2.05, 4.69) is 15.2 Å². The molecule has 0 atom stereocenters. The smallest absolute Gasteiger partial charge is 0.231 e. The third kappa shape index (κ3) is 3.53. The number of anilines is 1. The Hall–Kier alpha value is -3.41. The molecule has 0 spiro atoms. The van der Waals surface area contributed by atoms with Gasteiger partial charge in [-0.05, 0) is 57.5 Å². The fourth-order valence-corrected chi connectivity index (χ4v) is 3.66. The van der Waals surface area contributed by atoms with Crippen molar-refractivity contribution in [3.63, 3.8) is 0 Å². The Morgan fingerprint density at radius 3 is 2.66 bits per heavy atom. The first-order chi connectivity index (χ1) is 13.7. The molecule has 1 N–H and O–H groups in total. The zero-order valence-corrected chi connectivity index (χ0v) is 17.3. The van der Waals surface area contributed by atoms with Crippen LogP contribution in [0.1, 0.15) is 33.3 Å². The number of fused-ring (bicyclic) bond motifs is 1. The van der Waals surface area contributed by atoms with Crippen LogP contribution in [0.4, 0.5) is 5.69 Å². The summed E-state index contributed by atoms with van der Waals surface area (Å²) >= 11 is 0. The van der Waals surface area contributed by atoms with E-state index in [0.29, 0.717) is 5.89 Å². The third-order valence-electron chi connectivity index (χ3n) is 4.79. The Bertz CT molecular complexity index is 1200. The number of nitrogens with one attached hydrogen (secondary N) is 1. The summed E-state index contributed by atoms with van der Waals surface area (Å²) < 4.78 is 5.99. The highest BCUT2D eigenvalue weighted by Gasteiger charge is 2.26. The van der Waals surface area contributed by atoms with Gasteiger partial charge in [0.05, 0.1) is 17.5 Å². The molecule has 6 heteroatoms. The van der Waals surface area contributed by atoms with Gasteiger partial charge in [-0.1, -0.05) is 18.2 Å². The first-order valence-corrected chi connectivity index (χ1v) is 9.56. The molecule has 0 saturated heterocycles. The van der Waals surface area contributed by atoms with Crippen molar-refractivity contribution < 1.29 is 9.21 Å². The summed E-state index contributed by atoms with van der Waals surface area (Å²) in [6, 6.07) is 13.8. The number of benzene rings is 2. The van der Waals surface area contributed by atoms with Gasteiger partial charge in [0.1, 0.15) is 5.52 Å². The second-order valence-corrected chi connectivity index (χ2v) is 8.22. The molecule has 2 heterocycles. The van der Waals surface area contributed by atoms with Crippen LogP contribution in [-0.2, 0) is 4.79 Å². The predicted molar refractivity (Wildman–Crippen MR) is 115 cm³/mol. The maximum atomic E-state index is 12.3. The van der Waals surface area contributed by atoms with Crippen LogP contribution in [0.5, 0.6) is 0 Å². The fourth-order valence-electron chi connectivity index (χ4n) is 3.66. The van der Waals surface area contributed by atoms with Gasteiger partial charge in [-0.2, -0.15) is 5.10 Å². The van der Waals surface area contributed by atoms with E-state index in [1.807, 2.05) is 70.2 Å². The van der Waals surface area contributed by atoms with E-state index in [1.54, 1.807) is 18.0 Å². The van der Waals surface area contributed by atoms with Crippen molar-refractivity contribution in [1.29, 1.82) is 0 Å². The van der Waals surface area contributed by atoms with Crippen molar-refractivity contribution in [3.05, 3.63) is 54.2 Å². The molecule has 0 bridgehead atoms. The van der Waals surface area contributed by atoms with Crippen molar-refractivity contribution in [2.24, 2.45) is 0 Å². The zero-order chi connectivity index (χ0) is 20.8. The lowest BCUT2D eigenvalue weighted by atomic mass is 10.0. The predicted octanol–water partition coefficient (Wildman–Crippen LogP) is 5.34. The molecule has 0 radical (unpaired) electrons. The number of hydrogen-bond acceptors (Lipinski definition) is 4. The molecule has 2 aromatic heterocycles. The highest BCUT2D eigenvalue weighted by molar-refractivity contribution is 5.94. The number of aromatic amines is 1. The topological polar surface area (TPSA) is 75.0 Å². The molecule has 0 aliphatic heterocycles. The molecular weight excluding hydrogens is 364 g/mol. The molecule has 148 valence electrons. The largest absolute Gasteiger partial charge is 0.436 e. The van der Waals surface area contributed by atoms with E-state index in [9.17, 15) is 4.79 Å². The van der Waals surface area contributed by atoms with E-state index >= 15 is 0 Å². The second-order valence-electron chi connectivity index (χ2n) is 8.22. The molecular formula is C23H24N4O2. The molecule has 29 heavy (non-hydrogen) atoms. The molecule has 1 amide bonds. The Balaban J connectivity index is 1.79. The van der Waals surface area contributed by atoms with Crippen molar-refractivity contribution in [3.8, 4) is 22.7 Å². The number of nitrogens with zero attached hydrogens (tertiary/aromatic N) is 3. The first kappa shape index (κ1) is 18.9. The van der Waals surface area contributed by atoms with Gasteiger partial charge < -0.3 is 9.32 Å². The average Bonchev–Trinajstić information content (AvgIpc) is 3.26. The summed E-state index contributed by atoms with van der Waals surface area (Å²) in [7, 11) is 0. The van der Waals surface area contributed by atoms with Gasteiger partial charge in [-0.15, -0.1) is 0 Å². The van der Waals surface area contributed by atoms with E-state index in [0.717, 1.165) is 39.2 Å². The van der Waals surface area contributed by atoms with E-state index in [4.69, 9.17) is 4.42 Å². The standard InChI is InChI=1S/C23H24N4O2/c1-14-9-10-19-20(11-14)29-22(25-19)18-13-24-26-21(18)16-7-6-8-17(12-16)27(15(2)28)23(3,4)5/h6-13H,1-5H3,(H,24,26). The van der Waals surface area contributed by atoms with Crippen LogP contribution in [-0.4, -0.2) is 26.6 Å². The van der Waals surface area contributed by atoms with Gasteiger partial charge in [0.2, 0.25) is 11.8 Å². The number of amides is 1. The molecule has 0 saturated carbocycles. The number of aromatic nitrogens is 3. The van der Waals surface area contributed by atoms with Gasteiger partial charge in [0.25, 0.3) is 0 Å². The minimum atomic E-state index is -0.334. The number of aryl methyl sites for hydroxylation is 1. The van der Waals surface area contributed by atoms with Crippen LogP contribution in [0.2, 0.25) is 0 Å². The minimum absolute atomic E-state index is 0.00574. The van der Waals surface area contributed by atoms with Gasteiger partial charge in [-0.25, -0.2) is 4.98 Å². The first-order valence-electron chi connectivity index (χ1n) is 9.56. The third-order valence-corrected chi connectivity index (χ3v) is 4.79. The minimum Gasteiger partial charge on any atom is -0.436 e. The van der Waals surface area contributed by atoms with E-state index < -0.39 is 0 Å². The van der Waals surface area contributed by atoms with Gasteiger partial charge in [0.15, 0.2) is 5.58 Å². The Morgan fingerprint density at radius 2 is 1.93 bits per heavy atom. The Morgan fingerprint density at radius 1 is 1.14 bits per heavy atom. The van der Waals surface area contributed by atoms with Crippen molar-refractivity contribution in [2.45, 2.75) is 40.2 Å². The lowest BCUT2D eigenvalue weighted by molar-refractivity contribution is -0.117. The number of oxazole rings is 1. The van der Waals surface area contributed by atoms with Crippen molar-refractivity contribution >= 4 is 22.7 Å². The highest BCUT2D eigenvalue weighted by Crippen LogP contribution is 2.34. The Kier molecular flexibility index (Phi) is 4.49. The molecule has 6 nitrogen and oxygen atoms in total. The van der Waals surface area contributed by atoms with Crippen LogP contribution in [0.3, 0.4) is 0 Å². The molecule has 0 aliphatic rings. The summed E-state index contributed by atoms with van der Waals surface area (Å²) in [5.74, 6) is 0.507. The SMILES string of the molecule is CC(=O)N(c1cccc(-c2[nH]ncc2-c2nc3ccc(C)cc3o2)c1)C(C)(C)C. The molecule has 4 aromatic rings. The van der Waals surface area contributed by atoms with Crippen molar-refractivity contribution in [1.82, 2.24) is 15.2 Å². The number of hydrogen-bond donors (Lipinski definition) is 1. The van der Waals surface area contributed by atoms with Crippen LogP contribution in [0, 0.1) is 6.92 Å². The fraction of sp³-hybridized carbons (Fsp3) is 0.261. The molecule has 0 aliphatic carbocycles. The number of rotatable bonds is 3. The van der Waals surface area contributed by atoms with E-state index in [1.165, 1.54) is 0 Å². The van der Waals surface area contributed by atoms with Crippen molar-refractivity contribution in [2.75, 3.05) is 4.90 Å². The van der Waals surface area contributed by atoms with Crippen LogP contribution in [0.25, 0.3) is 33.8 Å². The maximum Gasteiger partial charge on any atom is 0.231 e. The monoisotopic (exact) mass is 388 g/mol. The van der Waals surface area contributed by atoms with E-state index in [-0.39, 0.29) is 11.4 Å². The molecule has 2 aromatic carbocycles. The zero-order valence-electron chi connectivity index (χ0n) is 17.3. The average molecular weight is 388 g/mol. The number of carbonyl (C=O) groups is 1. The second kappa shape index (κ2) is 6.88. The normalized spacial score (nSPS) is 11.8. The van der Waals surface area contributed by atoms with Crippen LogP contribution < -0.4 is 4.90 Å². The molecule has 0 unspecified atom stereocenters. The summed E-state index contributed by atoms with van der Waals surface area (Å²) in [5, 5.41) is 7.27. The highest BCUT2D eigenvalue weighted by atomic mass is 16.3. The maximum absolute atomic E-state index is 12.3. The summed E-state index contributed by atoms with van der Waals surface area (Å²) in [5.41, 5.74) is 5.65. The lowest BCUT2D eigenvalue weighted by Crippen LogP contribution is -2.44. The summed E-state index contributed by atoms with van der Waals surface area (Å²) in [6.07, 6.45) is 1.71. The lowest BCUT2D eigenvalue weighted by Gasteiger charge is -2.35. The Labute approximate surface area is 169 Å². The van der Waals surface area contributed by atoms with Gasteiger partial charge >= 0.3 is 0 Å². The van der Waals surface area contributed by atoms with Crippen LogP contribution in [0.15, 0.2) is 53.1 Å². The van der Waals surface area contributed by atoms with Crippen LogP contribution >= 0.6 is 0 Å². The summed E-state index contributed by atoms with van der Waals surface area (Å²) in [6.45, 7) is 9.65. The number of H-pyrrole nitrogens is 1. The molecule has 0 fully saturated rings. The van der Waals surface area contributed by atoms with Gasteiger partial charge in [-0.3, -0.25) is 9.89 Å².